The van der Waals surface area contributed by atoms with E-state index in [1.807, 2.05) is 42.2 Å². The molecule has 1 unspecified atom stereocenters. The van der Waals surface area contributed by atoms with Gasteiger partial charge in [0.25, 0.3) is 5.91 Å². The highest BCUT2D eigenvalue weighted by Crippen LogP contribution is 2.32. The van der Waals surface area contributed by atoms with Crippen LogP contribution in [0.25, 0.3) is 0 Å². The van der Waals surface area contributed by atoms with Gasteiger partial charge in [0.15, 0.2) is 11.5 Å². The fourth-order valence-corrected chi connectivity index (χ4v) is 4.55. The number of benzene rings is 2. The van der Waals surface area contributed by atoms with Crippen molar-refractivity contribution in [3.05, 3.63) is 59.7 Å². The molecule has 2 heterocycles. The summed E-state index contributed by atoms with van der Waals surface area (Å²) >= 11 is 0. The van der Waals surface area contributed by atoms with Gasteiger partial charge in [0.2, 0.25) is 18.6 Å². The minimum absolute atomic E-state index is 0.0528. The number of carbonyl (C=O) groups excluding carboxylic acids is 3. The lowest BCUT2D eigenvalue weighted by molar-refractivity contribution is -0.133. The Kier molecular flexibility index (Phi) is 8.23. The van der Waals surface area contributed by atoms with E-state index in [-0.39, 0.29) is 30.4 Å². The Labute approximate surface area is 206 Å². The monoisotopic (exact) mass is 479 g/mol. The predicted octanol–water partition coefficient (Wildman–Crippen LogP) is 2.91. The van der Waals surface area contributed by atoms with E-state index in [0.29, 0.717) is 62.4 Å². The van der Waals surface area contributed by atoms with Gasteiger partial charge in [-0.3, -0.25) is 14.4 Å². The van der Waals surface area contributed by atoms with E-state index in [4.69, 9.17) is 9.47 Å². The first-order valence-electron chi connectivity index (χ1n) is 12.3. The molecule has 2 aromatic carbocycles. The van der Waals surface area contributed by atoms with Crippen LogP contribution in [0.15, 0.2) is 48.5 Å². The second-order valence-electron chi connectivity index (χ2n) is 9.01. The molecule has 0 saturated carbocycles. The topological polar surface area (TPSA) is 97.0 Å². The number of likely N-dealkylation sites (tertiary alicyclic amines) is 1. The molecular weight excluding hydrogens is 446 g/mol. The van der Waals surface area contributed by atoms with Gasteiger partial charge in [-0.25, -0.2) is 0 Å². The summed E-state index contributed by atoms with van der Waals surface area (Å²) in [5.41, 5.74) is 1.56. The second kappa shape index (κ2) is 11.7. The van der Waals surface area contributed by atoms with E-state index in [1.54, 1.807) is 18.2 Å². The summed E-state index contributed by atoms with van der Waals surface area (Å²) in [5.74, 6) is 0.679. The zero-order valence-corrected chi connectivity index (χ0v) is 20.1. The largest absolute Gasteiger partial charge is 0.454 e. The summed E-state index contributed by atoms with van der Waals surface area (Å²) in [6.07, 6.45) is 3.30. The van der Waals surface area contributed by atoms with Crippen LogP contribution in [-0.2, 0) is 16.0 Å². The van der Waals surface area contributed by atoms with Crippen LogP contribution in [0.1, 0.15) is 48.5 Å². The molecule has 1 fully saturated rings. The molecule has 1 atom stereocenters. The van der Waals surface area contributed by atoms with Gasteiger partial charge in [-0.2, -0.15) is 0 Å². The molecule has 0 bridgehead atoms. The minimum Gasteiger partial charge on any atom is -0.454 e. The molecule has 2 N–H and O–H groups in total. The maximum Gasteiger partial charge on any atom is 0.252 e. The third-order valence-corrected chi connectivity index (χ3v) is 6.59. The van der Waals surface area contributed by atoms with Crippen molar-refractivity contribution in [2.75, 3.05) is 26.4 Å². The lowest BCUT2D eigenvalue weighted by Gasteiger charge is -2.36. The number of carbonyl (C=O) groups is 3. The Hall–Kier alpha value is -3.55. The number of amides is 3. The highest BCUT2D eigenvalue weighted by Gasteiger charge is 2.34. The van der Waals surface area contributed by atoms with Gasteiger partial charge in [-0.05, 0) is 55.4 Å². The standard InChI is InChI=1S/C27H33N3O5/c1-2-14-28-27(33)25(29-26(32)21-9-10-22-23(17-21)35-18-34-22)20-12-15-30(16-13-20)24(31)11-8-19-6-4-3-5-7-19/h3-7,9-10,17,20,25H,2,8,11-16,18H2,1H3,(H,28,33)(H,29,32). The smallest absolute Gasteiger partial charge is 0.252 e. The van der Waals surface area contributed by atoms with Crippen LogP contribution in [0.3, 0.4) is 0 Å². The number of fused-ring (bicyclic) bond motifs is 1. The van der Waals surface area contributed by atoms with Crippen molar-refractivity contribution >= 4 is 17.7 Å². The molecular formula is C27H33N3O5. The number of nitrogens with one attached hydrogen (secondary N) is 2. The summed E-state index contributed by atoms with van der Waals surface area (Å²) in [7, 11) is 0. The Balaban J connectivity index is 1.36. The van der Waals surface area contributed by atoms with Crippen molar-refractivity contribution in [3.63, 3.8) is 0 Å². The maximum atomic E-state index is 13.0. The lowest BCUT2D eigenvalue weighted by Crippen LogP contribution is -2.54. The molecule has 4 rings (SSSR count). The molecule has 0 radical (unpaired) electrons. The summed E-state index contributed by atoms with van der Waals surface area (Å²) < 4.78 is 10.7. The summed E-state index contributed by atoms with van der Waals surface area (Å²) in [5, 5.41) is 5.86. The molecule has 0 aromatic heterocycles. The molecule has 0 aliphatic carbocycles. The van der Waals surface area contributed by atoms with Crippen molar-refractivity contribution in [1.29, 1.82) is 0 Å². The third-order valence-electron chi connectivity index (χ3n) is 6.59. The zero-order valence-electron chi connectivity index (χ0n) is 20.1. The summed E-state index contributed by atoms with van der Waals surface area (Å²) in [6, 6.07) is 14.3. The molecule has 2 aliphatic heterocycles. The number of rotatable bonds is 9. The van der Waals surface area contributed by atoms with Crippen molar-refractivity contribution < 1.29 is 23.9 Å². The van der Waals surface area contributed by atoms with E-state index < -0.39 is 6.04 Å². The first-order chi connectivity index (χ1) is 17.0. The molecule has 1 saturated heterocycles. The minimum atomic E-state index is -0.666. The van der Waals surface area contributed by atoms with Gasteiger partial charge in [0, 0.05) is 31.6 Å². The van der Waals surface area contributed by atoms with Crippen LogP contribution in [-0.4, -0.2) is 55.1 Å². The number of hydrogen-bond acceptors (Lipinski definition) is 5. The number of aryl methyl sites for hydroxylation is 1. The normalized spacial score (nSPS) is 16.0. The number of piperidine rings is 1. The van der Waals surface area contributed by atoms with Crippen molar-refractivity contribution in [2.45, 2.75) is 45.1 Å². The van der Waals surface area contributed by atoms with Gasteiger partial charge in [0.1, 0.15) is 6.04 Å². The van der Waals surface area contributed by atoms with Crippen LogP contribution < -0.4 is 20.1 Å². The van der Waals surface area contributed by atoms with E-state index in [9.17, 15) is 14.4 Å². The number of nitrogens with zero attached hydrogens (tertiary/aromatic N) is 1. The van der Waals surface area contributed by atoms with Crippen LogP contribution in [0.4, 0.5) is 0 Å². The maximum absolute atomic E-state index is 13.0. The molecule has 0 spiro atoms. The fraction of sp³-hybridized carbons (Fsp3) is 0.444. The van der Waals surface area contributed by atoms with E-state index in [1.165, 1.54) is 0 Å². The average Bonchev–Trinajstić information content (AvgIpc) is 3.37. The summed E-state index contributed by atoms with van der Waals surface area (Å²) in [6.45, 7) is 3.82. The van der Waals surface area contributed by atoms with Crippen LogP contribution in [0, 0.1) is 5.92 Å². The molecule has 35 heavy (non-hydrogen) atoms. The molecule has 2 aromatic rings. The van der Waals surface area contributed by atoms with Crippen LogP contribution >= 0.6 is 0 Å². The highest BCUT2D eigenvalue weighted by molar-refractivity contribution is 5.98. The van der Waals surface area contributed by atoms with Gasteiger partial charge in [-0.1, -0.05) is 37.3 Å². The fourth-order valence-electron chi connectivity index (χ4n) is 4.55. The number of ether oxygens (including phenoxy) is 2. The third kappa shape index (κ3) is 6.32. The molecule has 2 aliphatic rings. The first kappa shape index (κ1) is 24.6. The Morgan fingerprint density at radius 3 is 2.51 bits per heavy atom. The SMILES string of the molecule is CCCNC(=O)C(NC(=O)c1ccc2c(c1)OCO2)C1CCN(C(=O)CCc2ccccc2)CC1. The zero-order chi connectivity index (χ0) is 24.6. The molecule has 8 heteroatoms. The van der Waals surface area contributed by atoms with Gasteiger partial charge < -0.3 is 25.0 Å². The summed E-state index contributed by atoms with van der Waals surface area (Å²) in [4.78, 5) is 40.6. The average molecular weight is 480 g/mol. The van der Waals surface area contributed by atoms with Gasteiger partial charge >= 0.3 is 0 Å². The van der Waals surface area contributed by atoms with E-state index >= 15 is 0 Å². The van der Waals surface area contributed by atoms with E-state index in [0.717, 1.165) is 12.0 Å². The molecule has 8 nitrogen and oxygen atoms in total. The van der Waals surface area contributed by atoms with Gasteiger partial charge in [-0.15, -0.1) is 0 Å². The predicted molar refractivity (Wildman–Crippen MR) is 131 cm³/mol. The lowest BCUT2D eigenvalue weighted by atomic mass is 9.88. The van der Waals surface area contributed by atoms with Crippen molar-refractivity contribution in [1.82, 2.24) is 15.5 Å². The van der Waals surface area contributed by atoms with Gasteiger partial charge in [0.05, 0.1) is 0 Å². The number of hydrogen-bond donors (Lipinski definition) is 2. The van der Waals surface area contributed by atoms with Crippen LogP contribution in [0.2, 0.25) is 0 Å². The van der Waals surface area contributed by atoms with Crippen molar-refractivity contribution in [3.8, 4) is 11.5 Å². The molecule has 186 valence electrons. The Bertz CT molecular complexity index is 1030. The molecule has 3 amide bonds. The van der Waals surface area contributed by atoms with Crippen LogP contribution in [0.5, 0.6) is 11.5 Å². The van der Waals surface area contributed by atoms with Crippen molar-refractivity contribution in [2.24, 2.45) is 5.92 Å². The highest BCUT2D eigenvalue weighted by atomic mass is 16.7. The Morgan fingerprint density at radius 1 is 1.03 bits per heavy atom. The van der Waals surface area contributed by atoms with E-state index in [2.05, 4.69) is 10.6 Å². The first-order valence-corrected chi connectivity index (χ1v) is 12.3. The second-order valence-corrected chi connectivity index (χ2v) is 9.01. The quantitative estimate of drug-likeness (QED) is 0.577. The Morgan fingerprint density at radius 2 is 1.77 bits per heavy atom.